The van der Waals surface area contributed by atoms with E-state index in [0.29, 0.717) is 32.4 Å². The first-order valence-electron chi connectivity index (χ1n) is 9.59. The van der Waals surface area contributed by atoms with E-state index >= 15 is 0 Å². The van der Waals surface area contributed by atoms with Crippen molar-refractivity contribution in [1.82, 2.24) is 10.2 Å². The van der Waals surface area contributed by atoms with Gasteiger partial charge in [0.15, 0.2) is 4.34 Å². The van der Waals surface area contributed by atoms with Crippen molar-refractivity contribution in [2.75, 3.05) is 23.0 Å². The van der Waals surface area contributed by atoms with Crippen LogP contribution < -0.4 is 15.4 Å². The average Bonchev–Trinajstić information content (AvgIpc) is 3.22. The lowest BCUT2D eigenvalue weighted by molar-refractivity contribution is -0.113. The number of ether oxygens (including phenoxy) is 1. The van der Waals surface area contributed by atoms with Gasteiger partial charge >= 0.3 is 0 Å². The summed E-state index contributed by atoms with van der Waals surface area (Å²) in [4.78, 5) is 24.5. The average molecular weight is 477 g/mol. The van der Waals surface area contributed by atoms with Gasteiger partial charge in [-0.2, -0.15) is 0 Å². The van der Waals surface area contributed by atoms with Gasteiger partial charge in [0.1, 0.15) is 5.75 Å². The van der Waals surface area contributed by atoms with Gasteiger partial charge in [0.25, 0.3) is 5.91 Å². The van der Waals surface area contributed by atoms with Crippen molar-refractivity contribution >= 4 is 57.3 Å². The third kappa shape index (κ3) is 7.54. The number of rotatable bonds is 10. The molecule has 0 saturated carbocycles. The van der Waals surface area contributed by atoms with E-state index in [0.717, 1.165) is 18.6 Å². The molecule has 0 spiro atoms. The Hall–Kier alpha value is -2.62. The van der Waals surface area contributed by atoms with Crippen LogP contribution in [-0.2, 0) is 4.79 Å². The van der Waals surface area contributed by atoms with Gasteiger partial charge in [0.2, 0.25) is 11.0 Å². The first-order valence-corrected chi connectivity index (χ1v) is 11.8. The maximum Gasteiger partial charge on any atom is 0.257 e. The SMILES string of the molecule is CCCCOc1ccc(C(=O)Nc2nnc(SCC(=O)Nc3ccc(Cl)cc3)s2)cc1. The van der Waals surface area contributed by atoms with Crippen LogP contribution in [0.3, 0.4) is 0 Å². The van der Waals surface area contributed by atoms with Crippen LogP contribution in [-0.4, -0.2) is 34.4 Å². The van der Waals surface area contributed by atoms with Crippen molar-refractivity contribution in [1.29, 1.82) is 0 Å². The third-order valence-electron chi connectivity index (χ3n) is 3.96. The lowest BCUT2D eigenvalue weighted by atomic mass is 10.2. The Labute approximate surface area is 193 Å². The van der Waals surface area contributed by atoms with Crippen molar-refractivity contribution in [3.05, 3.63) is 59.1 Å². The first-order chi connectivity index (χ1) is 15.0. The van der Waals surface area contributed by atoms with Gasteiger partial charge in [0, 0.05) is 16.3 Å². The number of nitrogens with one attached hydrogen (secondary N) is 2. The molecule has 0 aliphatic heterocycles. The molecule has 10 heteroatoms. The zero-order chi connectivity index (χ0) is 22.1. The number of thioether (sulfide) groups is 1. The van der Waals surface area contributed by atoms with Gasteiger partial charge in [-0.25, -0.2) is 0 Å². The summed E-state index contributed by atoms with van der Waals surface area (Å²) in [6, 6.07) is 13.8. The van der Waals surface area contributed by atoms with Gasteiger partial charge < -0.3 is 10.1 Å². The van der Waals surface area contributed by atoms with Crippen molar-refractivity contribution in [2.24, 2.45) is 0 Å². The number of hydrogen-bond acceptors (Lipinski definition) is 7. The molecule has 1 aromatic heterocycles. The fourth-order valence-electron chi connectivity index (χ4n) is 2.38. The normalized spacial score (nSPS) is 10.5. The number of nitrogens with zero attached hydrogens (tertiary/aromatic N) is 2. The Morgan fingerprint density at radius 3 is 2.52 bits per heavy atom. The Morgan fingerprint density at radius 2 is 1.81 bits per heavy atom. The van der Waals surface area contributed by atoms with E-state index in [1.165, 1.54) is 23.1 Å². The topological polar surface area (TPSA) is 93.2 Å². The van der Waals surface area contributed by atoms with E-state index in [1.807, 2.05) is 0 Å². The quantitative estimate of drug-likeness (QED) is 0.232. The fourth-order valence-corrected chi connectivity index (χ4v) is 4.06. The van der Waals surface area contributed by atoms with E-state index in [9.17, 15) is 9.59 Å². The summed E-state index contributed by atoms with van der Waals surface area (Å²) in [5, 5.41) is 14.4. The molecule has 2 amide bonds. The number of amides is 2. The molecular weight excluding hydrogens is 456 g/mol. The van der Waals surface area contributed by atoms with Crippen LogP contribution in [0.25, 0.3) is 0 Å². The van der Waals surface area contributed by atoms with Crippen molar-refractivity contribution in [2.45, 2.75) is 24.1 Å². The monoisotopic (exact) mass is 476 g/mol. The highest BCUT2D eigenvalue weighted by atomic mass is 35.5. The molecule has 1 heterocycles. The predicted molar refractivity (Wildman–Crippen MR) is 126 cm³/mol. The number of anilines is 2. The molecule has 3 rings (SSSR count). The lowest BCUT2D eigenvalue weighted by Crippen LogP contribution is -2.13. The number of unbranched alkanes of at least 4 members (excludes halogenated alkanes) is 1. The zero-order valence-corrected chi connectivity index (χ0v) is 19.1. The Bertz CT molecular complexity index is 1010. The molecule has 7 nitrogen and oxygen atoms in total. The van der Waals surface area contributed by atoms with Crippen molar-refractivity contribution in [3.8, 4) is 5.75 Å². The van der Waals surface area contributed by atoms with Gasteiger partial charge in [0.05, 0.1) is 12.4 Å². The maximum atomic E-state index is 12.4. The molecule has 0 unspecified atom stereocenters. The van der Waals surface area contributed by atoms with Crippen LogP contribution in [0.1, 0.15) is 30.1 Å². The van der Waals surface area contributed by atoms with Crippen LogP contribution in [0, 0.1) is 0 Å². The van der Waals surface area contributed by atoms with Crippen molar-refractivity contribution in [3.63, 3.8) is 0 Å². The van der Waals surface area contributed by atoms with Gasteiger partial charge in [-0.3, -0.25) is 14.9 Å². The first kappa shape index (κ1) is 23.1. The van der Waals surface area contributed by atoms with Crippen molar-refractivity contribution < 1.29 is 14.3 Å². The van der Waals surface area contributed by atoms with Crippen LogP contribution in [0.5, 0.6) is 5.75 Å². The molecular formula is C21H21ClN4O3S2. The molecule has 2 aromatic carbocycles. The molecule has 0 aliphatic rings. The maximum absolute atomic E-state index is 12.4. The molecule has 0 saturated heterocycles. The standard InChI is InChI=1S/C21H21ClN4O3S2/c1-2-3-12-29-17-10-4-14(5-11-17)19(28)24-20-25-26-21(31-20)30-13-18(27)23-16-8-6-15(22)7-9-16/h4-11H,2-3,12-13H2,1H3,(H,23,27)(H,24,25,28). The van der Waals surface area contributed by atoms with Crippen LogP contribution >= 0.6 is 34.7 Å². The second-order valence-electron chi connectivity index (χ2n) is 6.40. The summed E-state index contributed by atoms with van der Waals surface area (Å²) in [5.74, 6) is 0.448. The van der Waals surface area contributed by atoms with E-state index in [2.05, 4.69) is 27.8 Å². The Morgan fingerprint density at radius 1 is 1.06 bits per heavy atom. The number of carbonyl (C=O) groups excluding carboxylic acids is 2. The van der Waals surface area contributed by atoms with Crippen LogP contribution in [0.2, 0.25) is 5.02 Å². The highest BCUT2D eigenvalue weighted by molar-refractivity contribution is 8.01. The van der Waals surface area contributed by atoms with Gasteiger partial charge in [-0.15, -0.1) is 10.2 Å². The summed E-state index contributed by atoms with van der Waals surface area (Å²) < 4.78 is 6.18. The minimum Gasteiger partial charge on any atom is -0.494 e. The van der Waals surface area contributed by atoms with Crippen LogP contribution in [0.15, 0.2) is 52.9 Å². The number of carbonyl (C=O) groups is 2. The molecule has 31 heavy (non-hydrogen) atoms. The van der Waals surface area contributed by atoms with E-state index < -0.39 is 0 Å². The molecule has 0 aliphatic carbocycles. The smallest absolute Gasteiger partial charge is 0.257 e. The lowest BCUT2D eigenvalue weighted by Gasteiger charge is -2.06. The van der Waals surface area contributed by atoms with Gasteiger partial charge in [-0.05, 0) is 55.0 Å². The Kier molecular flexibility index (Phi) is 8.69. The Balaban J connectivity index is 1.46. The second kappa shape index (κ2) is 11.7. The molecule has 0 bridgehead atoms. The number of hydrogen-bond donors (Lipinski definition) is 2. The predicted octanol–water partition coefficient (Wildman–Crippen LogP) is 5.35. The number of benzene rings is 2. The van der Waals surface area contributed by atoms with E-state index in [4.69, 9.17) is 16.3 Å². The van der Waals surface area contributed by atoms with Crippen LogP contribution in [0.4, 0.5) is 10.8 Å². The minimum atomic E-state index is -0.284. The molecule has 0 atom stereocenters. The second-order valence-corrected chi connectivity index (χ2v) is 9.03. The van der Waals surface area contributed by atoms with Gasteiger partial charge in [-0.1, -0.05) is 48.0 Å². The van der Waals surface area contributed by atoms with E-state index in [1.54, 1.807) is 48.5 Å². The number of aromatic nitrogens is 2. The summed E-state index contributed by atoms with van der Waals surface area (Å²) in [5.41, 5.74) is 1.16. The largest absolute Gasteiger partial charge is 0.494 e. The molecule has 162 valence electrons. The minimum absolute atomic E-state index is 0.171. The van der Waals surface area contributed by atoms with E-state index in [-0.39, 0.29) is 17.6 Å². The summed E-state index contributed by atoms with van der Waals surface area (Å²) >= 11 is 8.29. The molecule has 3 aromatic rings. The summed E-state index contributed by atoms with van der Waals surface area (Å²) in [6.07, 6.45) is 2.05. The molecule has 0 fully saturated rings. The zero-order valence-electron chi connectivity index (χ0n) is 16.8. The highest BCUT2D eigenvalue weighted by Gasteiger charge is 2.12. The third-order valence-corrected chi connectivity index (χ3v) is 6.19. The summed E-state index contributed by atoms with van der Waals surface area (Å²) in [7, 11) is 0. The number of halogens is 1. The highest BCUT2D eigenvalue weighted by Crippen LogP contribution is 2.26. The summed E-state index contributed by atoms with van der Waals surface area (Å²) in [6.45, 7) is 2.76. The molecule has 2 N–H and O–H groups in total. The molecule has 0 radical (unpaired) electrons. The fraction of sp³-hybridized carbons (Fsp3) is 0.238.